The first kappa shape index (κ1) is 12.5. The van der Waals surface area contributed by atoms with Crippen LogP contribution in [-0.4, -0.2) is 36.0 Å². The van der Waals surface area contributed by atoms with E-state index in [1.54, 1.807) is 0 Å². The molecule has 0 aromatic heterocycles. The Balaban J connectivity index is 1.86. The Kier molecular flexibility index (Phi) is 3.19. The van der Waals surface area contributed by atoms with E-state index < -0.39 is 0 Å². The number of nitrogens with two attached hydrogens (primary N) is 1. The molecule has 2 heterocycles. The van der Waals surface area contributed by atoms with Gasteiger partial charge in [-0.25, -0.2) is 0 Å². The molecule has 2 aliphatic rings. The van der Waals surface area contributed by atoms with Gasteiger partial charge in [-0.15, -0.1) is 0 Å². The Morgan fingerprint density at radius 1 is 1.42 bits per heavy atom. The van der Waals surface area contributed by atoms with E-state index in [-0.39, 0.29) is 5.54 Å². The van der Waals surface area contributed by atoms with Crippen molar-refractivity contribution in [2.45, 2.75) is 25.4 Å². The molecule has 2 aliphatic heterocycles. The van der Waals surface area contributed by atoms with Crippen LogP contribution >= 0.6 is 0 Å². The monoisotopic (exact) mass is 258 g/mol. The standard InChI is InChI=1S/C15H22N4/c1-12-9-17-8-7-15(12)11-18-14(16)19(15)10-13-5-3-2-4-6-13/h2-6,12,17H,7-11H2,1H3,(H2,16,18). The van der Waals surface area contributed by atoms with E-state index in [2.05, 4.69) is 46.4 Å². The van der Waals surface area contributed by atoms with Crippen LogP contribution in [0.4, 0.5) is 0 Å². The lowest BCUT2D eigenvalue weighted by molar-refractivity contribution is 0.0878. The van der Waals surface area contributed by atoms with Crippen LogP contribution in [0.1, 0.15) is 18.9 Å². The van der Waals surface area contributed by atoms with E-state index in [1.165, 1.54) is 5.56 Å². The smallest absolute Gasteiger partial charge is 0.192 e. The molecule has 3 N–H and O–H groups in total. The van der Waals surface area contributed by atoms with Crippen LogP contribution in [0.15, 0.2) is 35.3 Å². The van der Waals surface area contributed by atoms with Crippen molar-refractivity contribution in [1.82, 2.24) is 10.2 Å². The Morgan fingerprint density at radius 2 is 2.21 bits per heavy atom. The molecule has 1 aromatic rings. The van der Waals surface area contributed by atoms with Crippen molar-refractivity contribution in [3.05, 3.63) is 35.9 Å². The van der Waals surface area contributed by atoms with Crippen molar-refractivity contribution < 1.29 is 0 Å². The molecule has 0 saturated carbocycles. The molecular formula is C15H22N4. The fourth-order valence-corrected chi connectivity index (χ4v) is 3.32. The number of rotatable bonds is 2. The average Bonchev–Trinajstić information content (AvgIpc) is 2.74. The quantitative estimate of drug-likeness (QED) is 0.837. The van der Waals surface area contributed by atoms with Gasteiger partial charge < -0.3 is 16.0 Å². The Bertz CT molecular complexity index is 470. The van der Waals surface area contributed by atoms with Gasteiger partial charge in [0.2, 0.25) is 0 Å². The van der Waals surface area contributed by atoms with Crippen LogP contribution in [-0.2, 0) is 6.54 Å². The van der Waals surface area contributed by atoms with Gasteiger partial charge in [0.15, 0.2) is 5.96 Å². The minimum atomic E-state index is 0.116. The first-order chi connectivity index (χ1) is 9.22. The molecule has 1 saturated heterocycles. The molecule has 0 bridgehead atoms. The summed E-state index contributed by atoms with van der Waals surface area (Å²) in [5.41, 5.74) is 7.57. The molecule has 102 valence electrons. The summed E-state index contributed by atoms with van der Waals surface area (Å²) in [6, 6.07) is 10.5. The van der Waals surface area contributed by atoms with E-state index in [0.717, 1.165) is 32.6 Å². The maximum absolute atomic E-state index is 6.15. The molecule has 3 rings (SSSR count). The fourth-order valence-electron chi connectivity index (χ4n) is 3.32. The summed E-state index contributed by atoms with van der Waals surface area (Å²) in [7, 11) is 0. The number of benzene rings is 1. The topological polar surface area (TPSA) is 53.6 Å². The maximum atomic E-state index is 6.15. The highest BCUT2D eigenvalue weighted by Crippen LogP contribution is 2.35. The van der Waals surface area contributed by atoms with Crippen molar-refractivity contribution in [3.8, 4) is 0 Å². The first-order valence-corrected chi connectivity index (χ1v) is 7.04. The Labute approximate surface area is 114 Å². The second kappa shape index (κ2) is 4.85. The molecule has 0 aliphatic carbocycles. The summed E-state index contributed by atoms with van der Waals surface area (Å²) in [5, 5.41) is 3.47. The van der Waals surface area contributed by atoms with E-state index >= 15 is 0 Å². The normalized spacial score (nSPS) is 30.7. The molecule has 19 heavy (non-hydrogen) atoms. The van der Waals surface area contributed by atoms with Crippen LogP contribution in [0.5, 0.6) is 0 Å². The number of guanidine groups is 1. The summed E-state index contributed by atoms with van der Waals surface area (Å²) in [6.07, 6.45) is 1.12. The van der Waals surface area contributed by atoms with Crippen LogP contribution < -0.4 is 11.1 Å². The molecule has 1 spiro atoms. The lowest BCUT2D eigenvalue weighted by Gasteiger charge is -2.46. The van der Waals surface area contributed by atoms with E-state index in [1.807, 2.05) is 6.07 Å². The third-order valence-electron chi connectivity index (χ3n) is 4.62. The SMILES string of the molecule is CC1CNCCC12CN=C(N)N2Cc1ccccc1. The second-order valence-electron chi connectivity index (χ2n) is 5.70. The molecule has 0 radical (unpaired) electrons. The van der Waals surface area contributed by atoms with E-state index in [4.69, 9.17) is 5.73 Å². The minimum Gasteiger partial charge on any atom is -0.370 e. The minimum absolute atomic E-state index is 0.116. The van der Waals surface area contributed by atoms with Crippen molar-refractivity contribution in [2.24, 2.45) is 16.6 Å². The largest absolute Gasteiger partial charge is 0.370 e. The highest BCUT2D eigenvalue weighted by molar-refractivity contribution is 5.81. The van der Waals surface area contributed by atoms with E-state index in [0.29, 0.717) is 11.9 Å². The Morgan fingerprint density at radius 3 is 2.95 bits per heavy atom. The predicted octanol–water partition coefficient (Wildman–Crippen LogP) is 1.19. The van der Waals surface area contributed by atoms with Gasteiger partial charge in [-0.3, -0.25) is 4.99 Å². The summed E-state index contributed by atoms with van der Waals surface area (Å²) in [5.74, 6) is 1.27. The van der Waals surface area contributed by atoms with Gasteiger partial charge in [-0.1, -0.05) is 37.3 Å². The number of hydrogen-bond acceptors (Lipinski definition) is 4. The molecule has 2 atom stereocenters. The molecular weight excluding hydrogens is 236 g/mol. The molecule has 0 amide bonds. The number of aliphatic imine (C=N–C) groups is 1. The van der Waals surface area contributed by atoms with Gasteiger partial charge in [0.1, 0.15) is 0 Å². The summed E-state index contributed by atoms with van der Waals surface area (Å²) in [6.45, 7) is 6.11. The van der Waals surface area contributed by atoms with Gasteiger partial charge in [-0.05, 0) is 24.4 Å². The molecule has 1 fully saturated rings. The van der Waals surface area contributed by atoms with Gasteiger partial charge in [0.05, 0.1) is 12.1 Å². The zero-order valence-corrected chi connectivity index (χ0v) is 11.5. The van der Waals surface area contributed by atoms with Gasteiger partial charge >= 0.3 is 0 Å². The molecule has 2 unspecified atom stereocenters. The molecule has 4 nitrogen and oxygen atoms in total. The Hall–Kier alpha value is -1.55. The summed E-state index contributed by atoms with van der Waals surface area (Å²) < 4.78 is 0. The number of nitrogens with one attached hydrogen (secondary N) is 1. The van der Waals surface area contributed by atoms with Crippen molar-refractivity contribution in [1.29, 1.82) is 0 Å². The van der Waals surface area contributed by atoms with Crippen molar-refractivity contribution in [2.75, 3.05) is 19.6 Å². The third-order valence-corrected chi connectivity index (χ3v) is 4.62. The average molecular weight is 258 g/mol. The summed E-state index contributed by atoms with van der Waals surface area (Å²) in [4.78, 5) is 6.86. The molecule has 1 aromatic carbocycles. The third kappa shape index (κ3) is 2.10. The highest BCUT2D eigenvalue weighted by atomic mass is 15.4. The van der Waals surface area contributed by atoms with Gasteiger partial charge in [0.25, 0.3) is 0 Å². The van der Waals surface area contributed by atoms with Gasteiger partial charge in [-0.2, -0.15) is 0 Å². The number of nitrogens with zero attached hydrogens (tertiary/aromatic N) is 2. The summed E-state index contributed by atoms with van der Waals surface area (Å²) >= 11 is 0. The van der Waals surface area contributed by atoms with Gasteiger partial charge in [0, 0.05) is 13.1 Å². The lowest BCUT2D eigenvalue weighted by atomic mass is 9.78. The zero-order chi connectivity index (χ0) is 13.3. The fraction of sp³-hybridized carbons (Fsp3) is 0.533. The zero-order valence-electron chi connectivity index (χ0n) is 11.5. The van der Waals surface area contributed by atoms with Crippen LogP contribution in [0.3, 0.4) is 0 Å². The second-order valence-corrected chi connectivity index (χ2v) is 5.70. The van der Waals surface area contributed by atoms with E-state index in [9.17, 15) is 0 Å². The molecule has 4 heteroatoms. The van der Waals surface area contributed by atoms with Crippen LogP contribution in [0.2, 0.25) is 0 Å². The van der Waals surface area contributed by atoms with Crippen molar-refractivity contribution >= 4 is 5.96 Å². The maximum Gasteiger partial charge on any atom is 0.192 e. The van der Waals surface area contributed by atoms with Crippen LogP contribution in [0, 0.1) is 5.92 Å². The first-order valence-electron chi connectivity index (χ1n) is 7.04. The van der Waals surface area contributed by atoms with Crippen LogP contribution in [0.25, 0.3) is 0 Å². The lowest BCUT2D eigenvalue weighted by Crippen LogP contribution is -2.60. The highest BCUT2D eigenvalue weighted by Gasteiger charge is 2.47. The van der Waals surface area contributed by atoms with Crippen molar-refractivity contribution in [3.63, 3.8) is 0 Å². The number of hydrogen-bond donors (Lipinski definition) is 2. The number of piperidine rings is 1. The predicted molar refractivity (Wildman–Crippen MR) is 77.9 cm³/mol.